The lowest BCUT2D eigenvalue weighted by Gasteiger charge is -2.22. The van der Waals surface area contributed by atoms with Gasteiger partial charge in [0.15, 0.2) is 0 Å². The van der Waals surface area contributed by atoms with Crippen LogP contribution in [0.25, 0.3) is 0 Å². The van der Waals surface area contributed by atoms with Crippen LogP contribution in [-0.4, -0.2) is 30.9 Å². The standard InChI is InChI=1S/C16H26N2O/c1-11-9-13(16(2,3)4)8-7-12(11)10-14(17)15(19)18(5)6/h7-9,14H,10,17H2,1-6H3. The fraction of sp³-hybridized carbons (Fsp3) is 0.562. The van der Waals surface area contributed by atoms with Crippen molar-refractivity contribution >= 4 is 5.91 Å². The van der Waals surface area contributed by atoms with Gasteiger partial charge in [0.25, 0.3) is 0 Å². The van der Waals surface area contributed by atoms with Crippen LogP contribution >= 0.6 is 0 Å². The molecule has 0 aliphatic rings. The Morgan fingerprint density at radius 3 is 2.32 bits per heavy atom. The molecular formula is C16H26N2O. The van der Waals surface area contributed by atoms with E-state index in [0.717, 1.165) is 5.56 Å². The van der Waals surface area contributed by atoms with Crippen LogP contribution in [0.3, 0.4) is 0 Å². The molecule has 0 aliphatic heterocycles. The highest BCUT2D eigenvalue weighted by atomic mass is 16.2. The van der Waals surface area contributed by atoms with Crippen LogP contribution in [-0.2, 0) is 16.6 Å². The van der Waals surface area contributed by atoms with Crippen molar-refractivity contribution in [3.8, 4) is 0 Å². The van der Waals surface area contributed by atoms with Gasteiger partial charge in [-0.1, -0.05) is 39.0 Å². The number of aryl methyl sites for hydroxylation is 1. The van der Waals surface area contributed by atoms with Gasteiger partial charge in [-0.3, -0.25) is 4.79 Å². The Kier molecular flexibility index (Phi) is 4.75. The molecule has 0 radical (unpaired) electrons. The number of hydrogen-bond acceptors (Lipinski definition) is 2. The Morgan fingerprint density at radius 2 is 1.89 bits per heavy atom. The summed E-state index contributed by atoms with van der Waals surface area (Å²) in [6, 6.07) is 5.96. The van der Waals surface area contributed by atoms with Crippen molar-refractivity contribution in [2.45, 2.75) is 45.6 Å². The second kappa shape index (κ2) is 5.74. The van der Waals surface area contributed by atoms with Crippen LogP contribution in [0, 0.1) is 6.92 Å². The average molecular weight is 262 g/mol. The van der Waals surface area contributed by atoms with Crippen LogP contribution in [0.2, 0.25) is 0 Å². The smallest absolute Gasteiger partial charge is 0.239 e. The third-order valence-electron chi connectivity index (χ3n) is 3.41. The molecule has 1 atom stereocenters. The van der Waals surface area contributed by atoms with E-state index in [2.05, 4.69) is 45.9 Å². The van der Waals surface area contributed by atoms with Gasteiger partial charge in [0.05, 0.1) is 6.04 Å². The summed E-state index contributed by atoms with van der Waals surface area (Å²) in [5.74, 6) is -0.0284. The molecule has 0 aliphatic carbocycles. The number of likely N-dealkylation sites (N-methyl/N-ethyl adjacent to an activating group) is 1. The third kappa shape index (κ3) is 4.06. The van der Waals surface area contributed by atoms with Gasteiger partial charge in [-0.25, -0.2) is 0 Å². The monoisotopic (exact) mass is 262 g/mol. The number of nitrogens with zero attached hydrogens (tertiary/aromatic N) is 1. The molecule has 1 aromatic carbocycles. The first-order chi connectivity index (χ1) is 8.62. The molecule has 0 fully saturated rings. The zero-order valence-corrected chi connectivity index (χ0v) is 12.9. The number of nitrogens with two attached hydrogens (primary N) is 1. The quantitative estimate of drug-likeness (QED) is 0.908. The minimum atomic E-state index is -0.464. The number of amides is 1. The summed E-state index contributed by atoms with van der Waals surface area (Å²) in [5, 5.41) is 0. The average Bonchev–Trinajstić information content (AvgIpc) is 2.29. The van der Waals surface area contributed by atoms with E-state index >= 15 is 0 Å². The molecule has 1 rings (SSSR count). The fourth-order valence-electron chi connectivity index (χ4n) is 2.05. The van der Waals surface area contributed by atoms with Crippen molar-refractivity contribution < 1.29 is 4.79 Å². The Bertz CT molecular complexity index is 458. The summed E-state index contributed by atoms with van der Waals surface area (Å²) in [4.78, 5) is 13.3. The van der Waals surface area contributed by atoms with Crippen molar-refractivity contribution in [2.75, 3.05) is 14.1 Å². The summed E-state index contributed by atoms with van der Waals surface area (Å²) < 4.78 is 0. The number of carbonyl (C=O) groups is 1. The molecular weight excluding hydrogens is 236 g/mol. The molecule has 0 saturated carbocycles. The molecule has 0 aromatic heterocycles. The van der Waals surface area contributed by atoms with E-state index in [4.69, 9.17) is 5.73 Å². The van der Waals surface area contributed by atoms with E-state index in [0.29, 0.717) is 6.42 Å². The maximum atomic E-state index is 11.8. The first-order valence-electron chi connectivity index (χ1n) is 6.69. The highest BCUT2D eigenvalue weighted by Crippen LogP contribution is 2.24. The fourth-order valence-corrected chi connectivity index (χ4v) is 2.05. The SMILES string of the molecule is Cc1cc(C(C)(C)C)ccc1CC(N)C(=O)N(C)C. The van der Waals surface area contributed by atoms with Crippen molar-refractivity contribution in [3.63, 3.8) is 0 Å². The van der Waals surface area contributed by atoms with Gasteiger partial charge in [-0.05, 0) is 35.4 Å². The van der Waals surface area contributed by atoms with E-state index in [1.807, 2.05) is 0 Å². The van der Waals surface area contributed by atoms with Gasteiger partial charge in [0.2, 0.25) is 5.91 Å². The van der Waals surface area contributed by atoms with E-state index in [1.54, 1.807) is 19.0 Å². The summed E-state index contributed by atoms with van der Waals surface area (Å²) in [6.45, 7) is 8.67. The van der Waals surface area contributed by atoms with Gasteiger partial charge in [0, 0.05) is 14.1 Å². The van der Waals surface area contributed by atoms with Crippen LogP contribution in [0.1, 0.15) is 37.5 Å². The second-order valence-electron chi connectivity index (χ2n) is 6.43. The van der Waals surface area contributed by atoms with E-state index in [-0.39, 0.29) is 11.3 Å². The first kappa shape index (κ1) is 15.7. The Morgan fingerprint density at radius 1 is 1.32 bits per heavy atom. The predicted molar refractivity (Wildman–Crippen MR) is 80.3 cm³/mol. The summed E-state index contributed by atoms with van der Waals surface area (Å²) >= 11 is 0. The maximum absolute atomic E-state index is 11.8. The second-order valence-corrected chi connectivity index (χ2v) is 6.43. The Balaban J connectivity index is 2.90. The van der Waals surface area contributed by atoms with Crippen molar-refractivity contribution in [2.24, 2.45) is 5.73 Å². The molecule has 1 unspecified atom stereocenters. The molecule has 0 saturated heterocycles. The van der Waals surface area contributed by atoms with E-state index < -0.39 is 6.04 Å². The van der Waals surface area contributed by atoms with Crippen LogP contribution in [0.4, 0.5) is 0 Å². The zero-order valence-electron chi connectivity index (χ0n) is 12.9. The lowest BCUT2D eigenvalue weighted by Crippen LogP contribution is -2.41. The third-order valence-corrected chi connectivity index (χ3v) is 3.41. The van der Waals surface area contributed by atoms with E-state index in [9.17, 15) is 4.79 Å². The zero-order chi connectivity index (χ0) is 14.8. The summed E-state index contributed by atoms with van der Waals surface area (Å²) in [7, 11) is 3.47. The van der Waals surface area contributed by atoms with Gasteiger partial charge in [-0.2, -0.15) is 0 Å². The number of hydrogen-bond donors (Lipinski definition) is 1. The molecule has 19 heavy (non-hydrogen) atoms. The van der Waals surface area contributed by atoms with E-state index in [1.165, 1.54) is 11.1 Å². The molecule has 1 aromatic rings. The molecule has 0 spiro atoms. The minimum absolute atomic E-state index is 0.0284. The summed E-state index contributed by atoms with van der Waals surface area (Å²) in [6.07, 6.45) is 0.591. The number of benzene rings is 1. The molecule has 0 bridgehead atoms. The number of rotatable bonds is 3. The van der Waals surface area contributed by atoms with Crippen LogP contribution in [0.5, 0.6) is 0 Å². The lowest BCUT2D eigenvalue weighted by atomic mass is 9.85. The predicted octanol–water partition coefficient (Wildman–Crippen LogP) is 2.25. The molecule has 3 nitrogen and oxygen atoms in total. The minimum Gasteiger partial charge on any atom is -0.347 e. The van der Waals surface area contributed by atoms with Gasteiger partial charge >= 0.3 is 0 Å². The largest absolute Gasteiger partial charge is 0.347 e. The highest BCUT2D eigenvalue weighted by molar-refractivity contribution is 5.81. The molecule has 2 N–H and O–H groups in total. The normalized spacial score (nSPS) is 13.2. The van der Waals surface area contributed by atoms with Crippen molar-refractivity contribution in [3.05, 3.63) is 34.9 Å². The topological polar surface area (TPSA) is 46.3 Å². The Hall–Kier alpha value is -1.35. The van der Waals surface area contributed by atoms with Crippen LogP contribution < -0.4 is 5.73 Å². The van der Waals surface area contributed by atoms with Gasteiger partial charge < -0.3 is 10.6 Å². The first-order valence-corrected chi connectivity index (χ1v) is 6.69. The molecule has 106 valence electrons. The lowest BCUT2D eigenvalue weighted by molar-refractivity contribution is -0.130. The van der Waals surface area contributed by atoms with Gasteiger partial charge in [0.1, 0.15) is 0 Å². The molecule has 1 amide bonds. The van der Waals surface area contributed by atoms with Gasteiger partial charge in [-0.15, -0.1) is 0 Å². The van der Waals surface area contributed by atoms with Crippen molar-refractivity contribution in [1.29, 1.82) is 0 Å². The Labute approximate surface area is 116 Å². The maximum Gasteiger partial charge on any atom is 0.239 e. The number of carbonyl (C=O) groups excluding carboxylic acids is 1. The van der Waals surface area contributed by atoms with Crippen molar-refractivity contribution in [1.82, 2.24) is 4.90 Å². The van der Waals surface area contributed by atoms with Crippen LogP contribution in [0.15, 0.2) is 18.2 Å². The molecule has 0 heterocycles. The summed E-state index contributed by atoms with van der Waals surface area (Å²) in [5.41, 5.74) is 9.75. The molecule has 3 heteroatoms. The highest BCUT2D eigenvalue weighted by Gasteiger charge is 2.18.